The summed E-state index contributed by atoms with van der Waals surface area (Å²) in [6, 6.07) is 5.22. The second kappa shape index (κ2) is 6.71. The zero-order valence-corrected chi connectivity index (χ0v) is 11.6. The predicted molar refractivity (Wildman–Crippen MR) is 70.7 cm³/mol. The number of hydrogen-bond donors (Lipinski definition) is 0. The Morgan fingerprint density at radius 2 is 2.24 bits per heavy atom. The maximum atomic E-state index is 10.8. The fourth-order valence-corrected chi connectivity index (χ4v) is 2.21. The fourth-order valence-electron chi connectivity index (χ4n) is 1.71. The van der Waals surface area contributed by atoms with Gasteiger partial charge < -0.3 is 4.74 Å². The van der Waals surface area contributed by atoms with Crippen LogP contribution in [0.3, 0.4) is 0 Å². The smallest absolute Gasteiger partial charge is 0.272 e. The molecule has 0 spiro atoms. The number of rotatable bonds is 6. The lowest BCUT2D eigenvalue weighted by Gasteiger charge is -2.10. The molecule has 0 aliphatic rings. The van der Waals surface area contributed by atoms with E-state index in [1.165, 1.54) is 0 Å². The molecule has 94 valence electrons. The molecular weight excluding hydrogens is 286 g/mol. The number of nitrogens with zero attached hydrogens (tertiary/aromatic N) is 1. The molecule has 0 saturated heterocycles. The van der Waals surface area contributed by atoms with Gasteiger partial charge in [-0.3, -0.25) is 10.1 Å². The van der Waals surface area contributed by atoms with Crippen molar-refractivity contribution in [2.75, 3.05) is 13.7 Å². The number of aryl methyl sites for hydroxylation is 1. The number of benzene rings is 1. The van der Waals surface area contributed by atoms with Gasteiger partial charge >= 0.3 is 0 Å². The van der Waals surface area contributed by atoms with E-state index in [-0.39, 0.29) is 15.4 Å². The molecule has 1 rings (SSSR count). The molecule has 1 aromatic rings. The van der Waals surface area contributed by atoms with E-state index in [9.17, 15) is 10.1 Å². The normalized spacial score (nSPS) is 12.4. The van der Waals surface area contributed by atoms with Gasteiger partial charge in [0, 0.05) is 23.6 Å². The molecule has 0 aromatic heterocycles. The molecule has 1 atom stereocenters. The Bertz CT molecular complexity index is 395. The van der Waals surface area contributed by atoms with E-state index < -0.39 is 0 Å². The molecule has 1 aromatic carbocycles. The summed E-state index contributed by atoms with van der Waals surface area (Å²) in [6.07, 6.45) is 1.71. The van der Waals surface area contributed by atoms with Crippen LogP contribution in [0.5, 0.6) is 0 Å². The molecule has 4 nitrogen and oxygen atoms in total. The van der Waals surface area contributed by atoms with Crippen molar-refractivity contribution < 1.29 is 9.66 Å². The van der Waals surface area contributed by atoms with E-state index in [0.29, 0.717) is 6.61 Å². The third-order valence-electron chi connectivity index (χ3n) is 2.69. The van der Waals surface area contributed by atoms with E-state index in [1.807, 2.05) is 6.07 Å². The highest BCUT2D eigenvalue weighted by Crippen LogP contribution is 2.23. The minimum atomic E-state index is -0.334. The van der Waals surface area contributed by atoms with Crippen molar-refractivity contribution in [3.8, 4) is 0 Å². The number of methoxy groups -OCH3 is 1. The Morgan fingerprint density at radius 3 is 2.82 bits per heavy atom. The molecule has 5 heteroatoms. The van der Waals surface area contributed by atoms with E-state index in [0.717, 1.165) is 24.0 Å². The maximum absolute atomic E-state index is 10.8. The second-order valence-corrected chi connectivity index (χ2v) is 5.20. The van der Waals surface area contributed by atoms with Gasteiger partial charge in [0.15, 0.2) is 0 Å². The molecule has 0 amide bonds. The largest absolute Gasteiger partial charge is 0.384 e. The van der Waals surface area contributed by atoms with Crippen molar-refractivity contribution >= 4 is 21.6 Å². The van der Waals surface area contributed by atoms with E-state index in [1.54, 1.807) is 26.2 Å². The topological polar surface area (TPSA) is 52.4 Å². The minimum Gasteiger partial charge on any atom is -0.384 e. The van der Waals surface area contributed by atoms with Gasteiger partial charge in [-0.05, 0) is 25.3 Å². The van der Waals surface area contributed by atoms with Gasteiger partial charge in [-0.15, -0.1) is 0 Å². The summed E-state index contributed by atoms with van der Waals surface area (Å²) in [5.74, 6) is 0. The standard InChI is InChI=1S/C12H16BrNO3/c1-9-10(6-7-11(13)8-17-2)4-3-5-12(9)14(15)16/h3-5,11H,6-8H2,1-2H3. The van der Waals surface area contributed by atoms with Crippen LogP contribution >= 0.6 is 15.9 Å². The van der Waals surface area contributed by atoms with Crippen LogP contribution in [0.15, 0.2) is 18.2 Å². The quantitative estimate of drug-likeness (QED) is 0.460. The van der Waals surface area contributed by atoms with Crippen molar-refractivity contribution in [1.29, 1.82) is 0 Å². The molecule has 1 unspecified atom stereocenters. The van der Waals surface area contributed by atoms with Crippen LogP contribution in [0.2, 0.25) is 0 Å². The van der Waals surface area contributed by atoms with Crippen LogP contribution in [-0.4, -0.2) is 23.5 Å². The third kappa shape index (κ3) is 4.09. The molecule has 0 aliphatic heterocycles. The van der Waals surface area contributed by atoms with Crippen molar-refractivity contribution in [3.63, 3.8) is 0 Å². The first-order valence-electron chi connectivity index (χ1n) is 5.42. The number of ether oxygens (including phenoxy) is 1. The van der Waals surface area contributed by atoms with Crippen LogP contribution in [-0.2, 0) is 11.2 Å². The average Bonchev–Trinajstić information content (AvgIpc) is 2.27. The number of hydrogen-bond acceptors (Lipinski definition) is 3. The summed E-state index contributed by atoms with van der Waals surface area (Å²) >= 11 is 3.51. The summed E-state index contributed by atoms with van der Waals surface area (Å²) in [4.78, 5) is 10.7. The lowest BCUT2D eigenvalue weighted by molar-refractivity contribution is -0.385. The van der Waals surface area contributed by atoms with Gasteiger partial charge in [-0.1, -0.05) is 28.1 Å². The van der Waals surface area contributed by atoms with Gasteiger partial charge in [0.2, 0.25) is 0 Å². The molecule has 0 saturated carbocycles. The lowest BCUT2D eigenvalue weighted by Crippen LogP contribution is -2.08. The monoisotopic (exact) mass is 301 g/mol. The van der Waals surface area contributed by atoms with Crippen molar-refractivity contribution in [2.45, 2.75) is 24.6 Å². The van der Waals surface area contributed by atoms with Crippen molar-refractivity contribution in [2.24, 2.45) is 0 Å². The van der Waals surface area contributed by atoms with E-state index in [2.05, 4.69) is 15.9 Å². The first kappa shape index (κ1) is 14.1. The van der Waals surface area contributed by atoms with Crippen LogP contribution in [0, 0.1) is 17.0 Å². The van der Waals surface area contributed by atoms with Crippen LogP contribution in [0.1, 0.15) is 17.5 Å². The zero-order valence-electron chi connectivity index (χ0n) is 9.98. The number of alkyl halides is 1. The SMILES string of the molecule is COCC(Br)CCc1cccc([N+](=O)[O-])c1C. The molecule has 0 aliphatic carbocycles. The van der Waals surface area contributed by atoms with Crippen LogP contribution in [0.4, 0.5) is 5.69 Å². The van der Waals surface area contributed by atoms with Crippen molar-refractivity contribution in [1.82, 2.24) is 0 Å². The van der Waals surface area contributed by atoms with Gasteiger partial charge in [-0.25, -0.2) is 0 Å². The highest BCUT2D eigenvalue weighted by atomic mass is 79.9. The highest BCUT2D eigenvalue weighted by Gasteiger charge is 2.13. The first-order valence-corrected chi connectivity index (χ1v) is 6.33. The Morgan fingerprint density at radius 1 is 1.53 bits per heavy atom. The average molecular weight is 302 g/mol. The second-order valence-electron chi connectivity index (χ2n) is 3.91. The summed E-state index contributed by atoms with van der Waals surface area (Å²) in [5, 5.41) is 10.8. The minimum absolute atomic E-state index is 0.195. The number of halogens is 1. The van der Waals surface area contributed by atoms with Gasteiger partial charge in [0.25, 0.3) is 5.69 Å². The Kier molecular flexibility index (Phi) is 5.58. The molecule has 17 heavy (non-hydrogen) atoms. The number of nitro benzene ring substituents is 1. The van der Waals surface area contributed by atoms with E-state index in [4.69, 9.17) is 4.74 Å². The Labute approximate surface area is 109 Å². The van der Waals surface area contributed by atoms with Crippen molar-refractivity contribution in [3.05, 3.63) is 39.4 Å². The van der Waals surface area contributed by atoms with E-state index >= 15 is 0 Å². The van der Waals surface area contributed by atoms with Gasteiger partial charge in [0.1, 0.15) is 0 Å². The lowest BCUT2D eigenvalue weighted by atomic mass is 10.0. The maximum Gasteiger partial charge on any atom is 0.272 e. The molecule has 0 radical (unpaired) electrons. The zero-order chi connectivity index (χ0) is 12.8. The molecule has 0 heterocycles. The third-order valence-corrected chi connectivity index (χ3v) is 3.41. The molecule has 0 bridgehead atoms. The predicted octanol–water partition coefficient (Wildman–Crippen LogP) is 3.25. The highest BCUT2D eigenvalue weighted by molar-refractivity contribution is 9.09. The van der Waals surface area contributed by atoms with Gasteiger partial charge in [0.05, 0.1) is 11.5 Å². The Hall–Kier alpha value is -0.940. The Balaban J connectivity index is 2.72. The summed E-state index contributed by atoms with van der Waals surface area (Å²) < 4.78 is 5.03. The molecule has 0 fully saturated rings. The number of nitro groups is 1. The summed E-state index contributed by atoms with van der Waals surface area (Å²) in [7, 11) is 1.66. The fraction of sp³-hybridized carbons (Fsp3) is 0.500. The summed E-state index contributed by atoms with van der Waals surface area (Å²) in [5.41, 5.74) is 1.98. The van der Waals surface area contributed by atoms with Crippen LogP contribution in [0.25, 0.3) is 0 Å². The summed E-state index contributed by atoms with van der Waals surface area (Å²) in [6.45, 7) is 2.45. The van der Waals surface area contributed by atoms with Crippen LogP contribution < -0.4 is 0 Å². The molecule has 0 N–H and O–H groups in total. The first-order chi connectivity index (χ1) is 8.06. The van der Waals surface area contributed by atoms with Gasteiger partial charge in [-0.2, -0.15) is 0 Å². The molecular formula is C12H16BrNO3.